The van der Waals surface area contributed by atoms with Crippen LogP contribution < -0.4 is 10.2 Å². The number of Topliss-reactive ketones (excluding diaryl/α,β-unsaturated/α-hetero) is 1. The number of anilines is 2. The van der Waals surface area contributed by atoms with Crippen LogP contribution in [0, 0.1) is 0 Å². The van der Waals surface area contributed by atoms with E-state index in [4.69, 9.17) is 0 Å². The lowest BCUT2D eigenvalue weighted by Gasteiger charge is -2.40. The number of piperazine rings is 1. The Morgan fingerprint density at radius 3 is 2.02 bits per heavy atom. The zero-order chi connectivity index (χ0) is 28.8. The zero-order valence-corrected chi connectivity index (χ0v) is 25.6. The van der Waals surface area contributed by atoms with Crippen LogP contribution in [0.4, 0.5) is 11.4 Å². The van der Waals surface area contributed by atoms with Crippen LogP contribution in [0.3, 0.4) is 0 Å². The summed E-state index contributed by atoms with van der Waals surface area (Å²) in [6.07, 6.45) is 0.723. The topological polar surface area (TPSA) is 99.3 Å². The third kappa shape index (κ3) is 7.80. The fourth-order valence-corrected chi connectivity index (χ4v) is 5.56. The lowest BCUT2D eigenvalue weighted by molar-refractivity contribution is -0.152. The Hall–Kier alpha value is -3.76. The van der Waals surface area contributed by atoms with Gasteiger partial charge in [0, 0.05) is 38.4 Å². The Bertz CT molecular complexity index is 1380. The highest BCUT2D eigenvalue weighted by molar-refractivity contribution is 6.52. The van der Waals surface area contributed by atoms with E-state index < -0.39 is 23.6 Å². The fourth-order valence-electron chi connectivity index (χ4n) is 5.56. The van der Waals surface area contributed by atoms with E-state index in [0.717, 1.165) is 39.1 Å². The molecule has 2 amide bonds. The highest BCUT2D eigenvalue weighted by atomic mass is 35.5. The van der Waals surface area contributed by atoms with Gasteiger partial charge in [0.15, 0.2) is 0 Å². The molecule has 0 aliphatic carbocycles. The summed E-state index contributed by atoms with van der Waals surface area (Å²) in [5.41, 5.74) is 3.57. The van der Waals surface area contributed by atoms with Gasteiger partial charge in [-0.25, -0.2) is 4.79 Å². The Morgan fingerprint density at radius 1 is 0.837 bits per heavy atom. The van der Waals surface area contributed by atoms with Gasteiger partial charge in [0.05, 0.1) is 23.9 Å². The largest absolute Gasteiger partial charge is 0.459 e. The predicted octanol–water partition coefficient (Wildman–Crippen LogP) is 4.36. The fraction of sp³-hybridized carbons (Fsp3) is 0.312. The molecule has 11 heteroatoms. The lowest BCUT2D eigenvalue weighted by atomic mass is 9.96. The average Bonchev–Trinajstić information content (AvgIpc) is 3.23. The van der Waals surface area contributed by atoms with Gasteiger partial charge in [0.1, 0.15) is 0 Å². The number of hydrogen-bond donors (Lipinski definition) is 1. The molecule has 1 fully saturated rings. The molecular weight excluding hydrogens is 591 g/mol. The number of fused-ring (bicyclic) bond motifs is 1. The smallest absolute Gasteiger partial charge is 0.397 e. The molecular formula is C32H36Cl2N4O5. The zero-order valence-electron chi connectivity index (χ0n) is 23.9. The van der Waals surface area contributed by atoms with Crippen molar-refractivity contribution in [2.24, 2.45) is 0 Å². The summed E-state index contributed by atoms with van der Waals surface area (Å²) in [7, 11) is 0. The molecule has 9 nitrogen and oxygen atoms in total. The number of nitrogens with zero attached hydrogens (tertiary/aromatic N) is 3. The van der Waals surface area contributed by atoms with Crippen molar-refractivity contribution in [2.45, 2.75) is 19.4 Å². The highest BCUT2D eigenvalue weighted by Gasteiger charge is 2.36. The number of carbonyl (C=O) groups excluding carboxylic acids is 4. The van der Waals surface area contributed by atoms with Gasteiger partial charge >= 0.3 is 11.9 Å². The molecule has 5 rings (SSSR count). The predicted molar refractivity (Wildman–Crippen MR) is 170 cm³/mol. The van der Waals surface area contributed by atoms with E-state index in [2.05, 4.69) is 68.4 Å². The number of ether oxygens (including phenoxy) is 1. The molecule has 0 atom stereocenters. The van der Waals surface area contributed by atoms with Crippen LogP contribution in [0.15, 0.2) is 78.9 Å². The first-order valence-electron chi connectivity index (χ1n) is 14.0. The van der Waals surface area contributed by atoms with Crippen molar-refractivity contribution in [3.8, 4) is 0 Å². The maximum atomic E-state index is 12.8. The summed E-state index contributed by atoms with van der Waals surface area (Å²) in [6, 6.07) is 26.0. The van der Waals surface area contributed by atoms with Crippen LogP contribution in [0.1, 0.15) is 40.9 Å². The number of rotatable bonds is 9. The molecule has 2 heterocycles. The van der Waals surface area contributed by atoms with E-state index in [1.54, 1.807) is 19.1 Å². The molecule has 0 aromatic heterocycles. The molecule has 228 valence electrons. The standard InChI is InChI=1S/C32H34N4O5.2ClH/c1-2-41-32(40)30(38)33-25-14-15-27-26(22-25)29(37)31(39)36(27)17-9-16-34-18-20-35(21-19-34)28(23-10-5-3-6-11-23)24-12-7-4-8-13-24;;/h3-8,10-15,22,28H,2,9,16-21H2,1H3,(H,33,38);2*1H. The monoisotopic (exact) mass is 626 g/mol. The van der Waals surface area contributed by atoms with Gasteiger partial charge < -0.3 is 19.9 Å². The van der Waals surface area contributed by atoms with E-state index >= 15 is 0 Å². The van der Waals surface area contributed by atoms with Crippen molar-refractivity contribution in [3.63, 3.8) is 0 Å². The summed E-state index contributed by atoms with van der Waals surface area (Å²) in [6.45, 7) is 6.62. The maximum absolute atomic E-state index is 12.8. The molecule has 1 N–H and O–H groups in total. The first kappa shape index (κ1) is 33.7. The van der Waals surface area contributed by atoms with Crippen molar-refractivity contribution >= 4 is 59.8 Å². The Morgan fingerprint density at radius 2 is 1.44 bits per heavy atom. The number of halogens is 2. The minimum Gasteiger partial charge on any atom is -0.459 e. The molecule has 2 aliphatic rings. The van der Waals surface area contributed by atoms with Crippen LogP contribution >= 0.6 is 24.8 Å². The van der Waals surface area contributed by atoms with Crippen LogP contribution in [-0.2, 0) is 19.1 Å². The molecule has 0 bridgehead atoms. The van der Waals surface area contributed by atoms with Crippen LogP contribution in [-0.4, -0.2) is 79.2 Å². The van der Waals surface area contributed by atoms with Gasteiger partial charge in [-0.2, -0.15) is 0 Å². The average molecular weight is 628 g/mol. The van der Waals surface area contributed by atoms with Crippen molar-refractivity contribution in [2.75, 3.05) is 56.1 Å². The number of ketones is 1. The molecule has 3 aromatic carbocycles. The number of nitrogens with one attached hydrogen (secondary N) is 1. The van der Waals surface area contributed by atoms with Crippen LogP contribution in [0.5, 0.6) is 0 Å². The number of benzene rings is 3. The third-order valence-electron chi connectivity index (χ3n) is 7.55. The van der Waals surface area contributed by atoms with Gasteiger partial charge in [0.2, 0.25) is 0 Å². The summed E-state index contributed by atoms with van der Waals surface area (Å²) < 4.78 is 4.69. The lowest BCUT2D eigenvalue weighted by Crippen LogP contribution is -2.48. The molecule has 2 aliphatic heterocycles. The second-order valence-electron chi connectivity index (χ2n) is 10.1. The molecule has 43 heavy (non-hydrogen) atoms. The van der Waals surface area contributed by atoms with Gasteiger partial charge in [-0.3, -0.25) is 19.3 Å². The second-order valence-corrected chi connectivity index (χ2v) is 10.1. The molecule has 0 spiro atoms. The van der Waals surface area contributed by atoms with Crippen LogP contribution in [0.25, 0.3) is 0 Å². The number of hydrogen-bond acceptors (Lipinski definition) is 7. The first-order chi connectivity index (χ1) is 20.0. The van der Waals surface area contributed by atoms with E-state index in [1.165, 1.54) is 22.1 Å². The molecule has 1 saturated heterocycles. The van der Waals surface area contributed by atoms with Gasteiger partial charge in [-0.15, -0.1) is 24.8 Å². The first-order valence-corrected chi connectivity index (χ1v) is 14.0. The van der Waals surface area contributed by atoms with Gasteiger partial charge in [-0.05, 0) is 49.2 Å². The number of amides is 2. The van der Waals surface area contributed by atoms with Crippen LogP contribution in [0.2, 0.25) is 0 Å². The van der Waals surface area contributed by atoms with E-state index in [1.807, 2.05) is 12.1 Å². The molecule has 0 saturated carbocycles. The summed E-state index contributed by atoms with van der Waals surface area (Å²) in [4.78, 5) is 55.4. The van der Waals surface area contributed by atoms with Crippen molar-refractivity contribution in [1.82, 2.24) is 9.80 Å². The van der Waals surface area contributed by atoms with Crippen molar-refractivity contribution in [3.05, 3.63) is 95.6 Å². The van der Waals surface area contributed by atoms with Crippen molar-refractivity contribution in [1.29, 1.82) is 0 Å². The maximum Gasteiger partial charge on any atom is 0.397 e. The Kier molecular flexibility index (Phi) is 12.3. The van der Waals surface area contributed by atoms with Gasteiger partial charge in [-0.1, -0.05) is 60.7 Å². The number of carbonyl (C=O) groups is 4. The highest BCUT2D eigenvalue weighted by Crippen LogP contribution is 2.32. The second kappa shape index (κ2) is 15.6. The van der Waals surface area contributed by atoms with E-state index in [0.29, 0.717) is 12.2 Å². The minimum absolute atomic E-state index is 0. The van der Waals surface area contributed by atoms with E-state index in [-0.39, 0.29) is 48.7 Å². The molecule has 3 aromatic rings. The minimum atomic E-state index is -1.01. The SMILES string of the molecule is CCOC(=O)C(=O)Nc1ccc2c(c1)C(=O)C(=O)N2CCCN1CCN(C(c2ccccc2)c2ccccc2)CC1.Cl.Cl. The van der Waals surface area contributed by atoms with E-state index in [9.17, 15) is 19.2 Å². The summed E-state index contributed by atoms with van der Waals surface area (Å²) in [5.74, 6) is -3.13. The number of esters is 1. The molecule has 0 radical (unpaired) electrons. The quantitative estimate of drug-likeness (QED) is 0.278. The molecule has 0 unspecified atom stereocenters. The summed E-state index contributed by atoms with van der Waals surface area (Å²) in [5, 5.41) is 2.42. The summed E-state index contributed by atoms with van der Waals surface area (Å²) >= 11 is 0. The van der Waals surface area contributed by atoms with Gasteiger partial charge in [0.25, 0.3) is 11.7 Å². The third-order valence-corrected chi connectivity index (χ3v) is 7.55. The Labute approximate surface area is 264 Å². The normalized spacial score (nSPS) is 15.0. The van der Waals surface area contributed by atoms with Crippen molar-refractivity contribution < 1.29 is 23.9 Å². The Balaban J connectivity index is 0.00000253.